The van der Waals surface area contributed by atoms with Crippen LogP contribution >= 0.6 is 0 Å². The Balaban J connectivity index is 2.76. The molecule has 0 atom stereocenters. The number of benzene rings is 1. The maximum atomic E-state index is 11.1. The molecule has 0 fully saturated rings. The van der Waals surface area contributed by atoms with Crippen LogP contribution in [0.25, 0.3) is 0 Å². The number of nitrogens with zero attached hydrogens (tertiary/aromatic N) is 1. The summed E-state index contributed by atoms with van der Waals surface area (Å²) < 4.78 is 0. The minimum atomic E-state index is -0.725. The fourth-order valence-electron chi connectivity index (χ4n) is 1.91. The third kappa shape index (κ3) is 4.85. The number of hydrogen-bond donors (Lipinski definition) is 2. The van der Waals surface area contributed by atoms with Crippen LogP contribution in [0.5, 0.6) is 0 Å². The van der Waals surface area contributed by atoms with E-state index in [0.29, 0.717) is 18.7 Å². The summed E-state index contributed by atoms with van der Waals surface area (Å²) in [5.74, 6) is -0.414. The summed E-state index contributed by atoms with van der Waals surface area (Å²) in [5.41, 5.74) is 6.08. The van der Waals surface area contributed by atoms with Gasteiger partial charge in [0.15, 0.2) is 0 Å². The van der Waals surface area contributed by atoms with E-state index in [1.807, 2.05) is 19.1 Å². The first-order chi connectivity index (χ1) is 8.31. The highest BCUT2D eigenvalue weighted by Crippen LogP contribution is 2.11. The molecule has 0 spiro atoms. The van der Waals surface area contributed by atoms with Crippen molar-refractivity contribution >= 4 is 5.91 Å². The largest absolute Gasteiger partial charge is 0.389 e. The minimum absolute atomic E-state index is 0.414. The molecule has 1 aromatic rings. The molecule has 4 nitrogen and oxygen atoms in total. The summed E-state index contributed by atoms with van der Waals surface area (Å²) in [6.07, 6.45) is 0. The molecule has 18 heavy (non-hydrogen) atoms. The van der Waals surface area contributed by atoms with Crippen LogP contribution in [0.2, 0.25) is 0 Å². The summed E-state index contributed by atoms with van der Waals surface area (Å²) in [6.45, 7) is 7.74. The van der Waals surface area contributed by atoms with Crippen LogP contribution in [0.1, 0.15) is 36.7 Å². The molecule has 0 aromatic heterocycles. The highest BCUT2D eigenvalue weighted by Gasteiger charge is 2.17. The second kappa shape index (κ2) is 5.98. The van der Waals surface area contributed by atoms with Gasteiger partial charge in [0.05, 0.1) is 5.60 Å². The van der Waals surface area contributed by atoms with Gasteiger partial charge in [0.25, 0.3) is 0 Å². The van der Waals surface area contributed by atoms with Gasteiger partial charge in [0.2, 0.25) is 5.91 Å². The van der Waals surface area contributed by atoms with Crippen LogP contribution in [-0.4, -0.2) is 34.6 Å². The van der Waals surface area contributed by atoms with Crippen molar-refractivity contribution in [1.82, 2.24) is 4.90 Å². The van der Waals surface area contributed by atoms with Gasteiger partial charge in [0.1, 0.15) is 0 Å². The molecule has 4 heteroatoms. The monoisotopic (exact) mass is 250 g/mol. The molecule has 1 rings (SSSR count). The highest BCUT2D eigenvalue weighted by atomic mass is 16.3. The van der Waals surface area contributed by atoms with Crippen LogP contribution in [0.3, 0.4) is 0 Å². The van der Waals surface area contributed by atoms with Gasteiger partial charge in [-0.15, -0.1) is 0 Å². The van der Waals surface area contributed by atoms with Crippen molar-refractivity contribution in [1.29, 1.82) is 0 Å². The van der Waals surface area contributed by atoms with E-state index in [-0.39, 0.29) is 0 Å². The van der Waals surface area contributed by atoms with E-state index in [1.165, 1.54) is 0 Å². The molecule has 0 saturated heterocycles. The van der Waals surface area contributed by atoms with E-state index >= 15 is 0 Å². The lowest BCUT2D eigenvalue weighted by atomic mass is 10.1. The van der Waals surface area contributed by atoms with E-state index in [0.717, 1.165) is 12.1 Å². The zero-order chi connectivity index (χ0) is 13.8. The van der Waals surface area contributed by atoms with Crippen LogP contribution in [0, 0.1) is 0 Å². The topological polar surface area (TPSA) is 66.6 Å². The molecule has 0 unspecified atom stereocenters. The Morgan fingerprint density at radius 1 is 1.44 bits per heavy atom. The molecular formula is C14H22N2O2. The number of primary amides is 1. The van der Waals surface area contributed by atoms with Gasteiger partial charge in [-0.25, -0.2) is 0 Å². The molecule has 1 amide bonds. The van der Waals surface area contributed by atoms with Gasteiger partial charge in [-0.05, 0) is 38.1 Å². The van der Waals surface area contributed by atoms with E-state index < -0.39 is 11.5 Å². The second-order valence-electron chi connectivity index (χ2n) is 5.18. The maximum Gasteiger partial charge on any atom is 0.248 e. The zero-order valence-electron chi connectivity index (χ0n) is 11.3. The van der Waals surface area contributed by atoms with E-state index in [4.69, 9.17) is 5.73 Å². The molecule has 0 radical (unpaired) electrons. The first kappa shape index (κ1) is 14.7. The molecule has 0 aliphatic carbocycles. The van der Waals surface area contributed by atoms with Gasteiger partial charge in [-0.1, -0.05) is 19.1 Å². The van der Waals surface area contributed by atoms with Crippen molar-refractivity contribution in [3.8, 4) is 0 Å². The average Bonchev–Trinajstić information content (AvgIpc) is 2.26. The third-order valence-electron chi connectivity index (χ3n) is 2.68. The molecule has 0 saturated carbocycles. The molecule has 100 valence electrons. The van der Waals surface area contributed by atoms with Crippen molar-refractivity contribution in [2.75, 3.05) is 13.1 Å². The van der Waals surface area contributed by atoms with Crippen molar-refractivity contribution < 1.29 is 9.90 Å². The van der Waals surface area contributed by atoms with Gasteiger partial charge < -0.3 is 10.8 Å². The molecular weight excluding hydrogens is 228 g/mol. The summed E-state index contributed by atoms with van der Waals surface area (Å²) in [4.78, 5) is 13.2. The SMILES string of the molecule is CCN(Cc1cccc(C(N)=O)c1)CC(C)(C)O. The van der Waals surface area contributed by atoms with E-state index in [9.17, 15) is 9.90 Å². The quantitative estimate of drug-likeness (QED) is 0.801. The lowest BCUT2D eigenvalue weighted by Gasteiger charge is -2.28. The number of carbonyl (C=O) groups excluding carboxylic acids is 1. The van der Waals surface area contributed by atoms with Gasteiger partial charge in [0, 0.05) is 18.7 Å². The van der Waals surface area contributed by atoms with Crippen LogP contribution in [0.4, 0.5) is 0 Å². The molecule has 3 N–H and O–H groups in total. The van der Waals surface area contributed by atoms with E-state index in [1.54, 1.807) is 26.0 Å². The number of amides is 1. The van der Waals surface area contributed by atoms with Crippen LogP contribution in [0.15, 0.2) is 24.3 Å². The summed E-state index contributed by atoms with van der Waals surface area (Å²) in [6, 6.07) is 7.29. The summed E-state index contributed by atoms with van der Waals surface area (Å²) >= 11 is 0. The Bertz CT molecular complexity index is 411. The summed E-state index contributed by atoms with van der Waals surface area (Å²) in [5, 5.41) is 9.82. The molecule has 0 aliphatic rings. The van der Waals surface area contributed by atoms with Crippen molar-refractivity contribution in [3.05, 3.63) is 35.4 Å². The highest BCUT2D eigenvalue weighted by molar-refractivity contribution is 5.92. The molecule has 0 heterocycles. The molecule has 0 aliphatic heterocycles. The smallest absolute Gasteiger partial charge is 0.248 e. The average molecular weight is 250 g/mol. The normalized spacial score (nSPS) is 11.8. The number of hydrogen-bond acceptors (Lipinski definition) is 3. The Hall–Kier alpha value is -1.39. The lowest BCUT2D eigenvalue weighted by Crippen LogP contribution is -2.38. The lowest BCUT2D eigenvalue weighted by molar-refractivity contribution is 0.0353. The van der Waals surface area contributed by atoms with Crippen molar-refractivity contribution in [2.24, 2.45) is 5.73 Å². The van der Waals surface area contributed by atoms with Gasteiger partial charge in [-0.3, -0.25) is 9.69 Å². The fourth-order valence-corrected chi connectivity index (χ4v) is 1.91. The fraction of sp³-hybridized carbons (Fsp3) is 0.500. The maximum absolute atomic E-state index is 11.1. The first-order valence-corrected chi connectivity index (χ1v) is 6.15. The standard InChI is InChI=1S/C14H22N2O2/c1-4-16(10-14(2,3)18)9-11-6-5-7-12(8-11)13(15)17/h5-8,18H,4,9-10H2,1-3H3,(H2,15,17). The van der Waals surface area contributed by atoms with E-state index in [2.05, 4.69) is 4.90 Å². The Kier molecular flexibility index (Phi) is 4.87. The predicted molar refractivity (Wildman–Crippen MR) is 72.2 cm³/mol. The number of aliphatic hydroxyl groups is 1. The van der Waals surface area contributed by atoms with Crippen LogP contribution in [-0.2, 0) is 6.54 Å². The number of carbonyl (C=O) groups is 1. The summed E-state index contributed by atoms with van der Waals surface area (Å²) in [7, 11) is 0. The first-order valence-electron chi connectivity index (χ1n) is 6.15. The zero-order valence-corrected chi connectivity index (χ0v) is 11.3. The molecule has 0 bridgehead atoms. The van der Waals surface area contributed by atoms with Crippen molar-refractivity contribution in [3.63, 3.8) is 0 Å². The Labute approximate surface area is 108 Å². The second-order valence-corrected chi connectivity index (χ2v) is 5.18. The van der Waals surface area contributed by atoms with Crippen LogP contribution < -0.4 is 5.73 Å². The third-order valence-corrected chi connectivity index (χ3v) is 2.68. The van der Waals surface area contributed by atoms with Crippen molar-refractivity contribution in [2.45, 2.75) is 32.9 Å². The Morgan fingerprint density at radius 3 is 2.61 bits per heavy atom. The molecule has 1 aromatic carbocycles. The Morgan fingerprint density at radius 2 is 2.11 bits per heavy atom. The number of likely N-dealkylation sites (N-methyl/N-ethyl adjacent to an activating group) is 1. The minimum Gasteiger partial charge on any atom is -0.389 e. The van der Waals surface area contributed by atoms with Gasteiger partial charge in [-0.2, -0.15) is 0 Å². The predicted octanol–water partition coefficient (Wildman–Crippen LogP) is 1.38. The number of rotatable bonds is 6. The number of nitrogens with two attached hydrogens (primary N) is 1. The van der Waals surface area contributed by atoms with Gasteiger partial charge >= 0.3 is 0 Å².